The van der Waals surface area contributed by atoms with E-state index in [9.17, 15) is 13.0 Å². The molecule has 11 heterocycles. The lowest BCUT2D eigenvalue weighted by atomic mass is 9.88. The molecule has 0 aliphatic carbocycles. The molecule has 1 aliphatic rings. The highest BCUT2D eigenvalue weighted by Crippen LogP contribution is 2.20. The molecule has 12 rings (SSSR count). The summed E-state index contributed by atoms with van der Waals surface area (Å²) in [4.78, 5) is 6.54. The van der Waals surface area contributed by atoms with Crippen LogP contribution in [0.4, 0.5) is 17.1 Å². The molecule has 19 nitrogen and oxygen atoms in total. The number of benzene rings is 1. The second-order valence-corrected chi connectivity index (χ2v) is 29.4. The van der Waals surface area contributed by atoms with E-state index in [1.54, 1.807) is 12.3 Å². The Balaban J connectivity index is 0.000000304. The standard InChI is InChI=1S/C10H15N2.C10H10N.C10H16N.C9H15N2O.C9H14NO.C9H14N.C8H13N2.C8H11NO3S.C7H10N.C5H9N2/c1-11-8-4-10(5-9-11)12-6-2-3-7-12;1-11-8-4-6-9-5-2-3-7-10(9)11;1-10(2,3)9-5-7-11(4)8-6-9;1-10-5-3-9(4-6-10)11(2)7-8-12;1-10-6-4-9(5-7-10)3-2-8-11;1-8(2)9-4-6-10(3)7-5-9;1-9(2)8-4-6-10(3)7-5-8;1-9-5-2-3-8(7-9)4-6-13(10,11)12;1-7-3-5-8(2)6-4-7;1-6-3-4-7(2)5-6/h4-5,8-9H,2-3,6-7H2,1H3;2-8H,1H3;5-8H,1-4H3;3-6,12H,7-8H2,1-2H3;4-7,11H,2-3,8H2,1H3;4-8H,1-3H3;4-7H,1-3H3;2-3,5,7H,4,6H2,1H3;3-6H,1-2H3;3-5H,1-2H3/q7*+1;;2*+1. The summed E-state index contributed by atoms with van der Waals surface area (Å²) < 4.78 is 53.1. The average Bonchev–Trinajstić information content (AvgIpc) is 1.19. The predicted molar refractivity (Wildman–Crippen MR) is 420 cm³/mol. The topological polar surface area (TPSA) is 151 Å². The number of hydrogen-bond donors (Lipinski definition) is 2. The van der Waals surface area contributed by atoms with Crippen LogP contribution < -0.4 is 60.4 Å². The third-order valence-electron chi connectivity index (χ3n) is 16.5. The molecule has 1 aliphatic heterocycles. The van der Waals surface area contributed by atoms with Crippen molar-refractivity contribution < 1.29 is 68.9 Å². The molecule has 564 valence electrons. The third kappa shape index (κ3) is 39.7. The molecule has 1 saturated heterocycles. The predicted octanol–water partition coefficient (Wildman–Crippen LogP) is 7.44. The van der Waals surface area contributed by atoms with E-state index in [1.807, 2.05) is 226 Å². The number of para-hydroxylation sites is 1. The number of imidazole rings is 1. The molecule has 0 atom stereocenters. The van der Waals surface area contributed by atoms with E-state index in [-0.39, 0.29) is 30.8 Å². The Bertz CT molecular complexity index is 4130. The minimum absolute atomic E-state index is 0.192. The van der Waals surface area contributed by atoms with Crippen LogP contribution >= 0.6 is 0 Å². The van der Waals surface area contributed by atoms with E-state index in [1.165, 1.54) is 70.5 Å². The first kappa shape index (κ1) is 89.5. The molecule has 11 aromatic rings. The molecule has 2 N–H and O–H groups in total. The summed E-state index contributed by atoms with van der Waals surface area (Å²) in [5.41, 5.74) is 11.5. The zero-order valence-electron chi connectivity index (χ0n) is 66.9. The van der Waals surface area contributed by atoms with Gasteiger partial charge in [-0.05, 0) is 90.8 Å². The molecule has 10 aromatic heterocycles. The summed E-state index contributed by atoms with van der Waals surface area (Å²) in [6.07, 6.45) is 45.2. The smallest absolute Gasteiger partial charge is 0.243 e. The van der Waals surface area contributed by atoms with Crippen LogP contribution in [0.2, 0.25) is 0 Å². The van der Waals surface area contributed by atoms with Gasteiger partial charge < -0.3 is 29.5 Å². The van der Waals surface area contributed by atoms with Crippen LogP contribution in [0.15, 0.2) is 258 Å². The Morgan fingerprint density at radius 2 is 0.962 bits per heavy atom. The van der Waals surface area contributed by atoms with Crippen LogP contribution in [0, 0.1) is 6.92 Å². The van der Waals surface area contributed by atoms with Crippen molar-refractivity contribution in [3.05, 3.63) is 285 Å². The molecule has 1 aromatic carbocycles. The lowest BCUT2D eigenvalue weighted by molar-refractivity contribution is -0.672. The minimum Gasteiger partial charge on any atom is -0.748 e. The molecule has 0 amide bonds. The Morgan fingerprint density at radius 1 is 0.505 bits per heavy atom. The van der Waals surface area contributed by atoms with Crippen molar-refractivity contribution in [2.45, 2.75) is 85.0 Å². The molecule has 20 heteroatoms. The molecule has 0 unspecified atom stereocenters. The van der Waals surface area contributed by atoms with Crippen molar-refractivity contribution >= 4 is 38.1 Å². The highest BCUT2D eigenvalue weighted by Gasteiger charge is 2.15. The summed E-state index contributed by atoms with van der Waals surface area (Å²) in [6, 6.07) is 45.7. The maximum Gasteiger partial charge on any atom is 0.243 e. The fraction of sp³-hybridized carbons (Fsp3) is 0.388. The first-order valence-corrected chi connectivity index (χ1v) is 37.5. The van der Waals surface area contributed by atoms with Gasteiger partial charge in [0, 0.05) is 184 Å². The normalized spacial score (nSPS) is 11.1. The Kier molecular flexibility index (Phi) is 41.2. The van der Waals surface area contributed by atoms with Crippen molar-refractivity contribution in [1.29, 1.82) is 0 Å². The van der Waals surface area contributed by atoms with Crippen LogP contribution in [0.1, 0.15) is 87.6 Å². The Morgan fingerprint density at radius 3 is 1.38 bits per heavy atom. The molecule has 0 saturated carbocycles. The number of rotatable bonds is 12. The monoisotopic (exact) mass is 1460 g/mol. The minimum atomic E-state index is -4.09. The van der Waals surface area contributed by atoms with Gasteiger partial charge in [-0.25, -0.2) is 58.7 Å². The number of anilines is 3. The summed E-state index contributed by atoms with van der Waals surface area (Å²) >= 11 is 0. The van der Waals surface area contributed by atoms with Crippen LogP contribution in [0.5, 0.6) is 0 Å². The van der Waals surface area contributed by atoms with Crippen LogP contribution in [-0.2, 0) is 106 Å². The van der Waals surface area contributed by atoms with E-state index >= 15 is 0 Å². The van der Waals surface area contributed by atoms with Gasteiger partial charge in [0.1, 0.15) is 75.8 Å². The number of nitrogens with zero attached hydrogens (tertiary/aromatic N) is 14. The highest BCUT2D eigenvalue weighted by atomic mass is 32.2. The Hall–Kier alpha value is -9.73. The molecular formula is C85H127N14O5S+9. The fourth-order valence-electron chi connectivity index (χ4n) is 9.87. The summed E-state index contributed by atoms with van der Waals surface area (Å²) in [5.74, 6) is 0.304. The average molecular weight is 1460 g/mol. The van der Waals surface area contributed by atoms with Gasteiger partial charge >= 0.3 is 0 Å². The molecular weight excluding hydrogens is 1330 g/mol. The lowest BCUT2D eigenvalue weighted by Crippen LogP contribution is -2.28. The van der Waals surface area contributed by atoms with Crippen molar-refractivity contribution in [3.8, 4) is 0 Å². The van der Waals surface area contributed by atoms with Crippen LogP contribution in [0.25, 0.3) is 10.9 Å². The van der Waals surface area contributed by atoms with Gasteiger partial charge in [-0.1, -0.05) is 46.8 Å². The second kappa shape index (κ2) is 48.3. The Labute approximate surface area is 630 Å². The van der Waals surface area contributed by atoms with Crippen molar-refractivity contribution in [3.63, 3.8) is 0 Å². The van der Waals surface area contributed by atoms with Crippen molar-refractivity contribution in [1.82, 2.24) is 4.57 Å². The molecule has 1 fully saturated rings. The van der Waals surface area contributed by atoms with Gasteiger partial charge in [0.25, 0.3) is 0 Å². The van der Waals surface area contributed by atoms with Crippen molar-refractivity contribution in [2.75, 3.05) is 74.4 Å². The quantitative estimate of drug-likeness (QED) is 0.0948. The maximum absolute atomic E-state index is 10.3. The number of aromatic nitrogens is 11. The zero-order chi connectivity index (χ0) is 77.9. The highest BCUT2D eigenvalue weighted by molar-refractivity contribution is 7.85. The number of pyridine rings is 9. The first-order valence-electron chi connectivity index (χ1n) is 35.9. The number of aliphatic hydroxyl groups excluding tert-OH is 2. The third-order valence-corrected chi connectivity index (χ3v) is 17.2. The van der Waals surface area contributed by atoms with Crippen molar-refractivity contribution in [2.24, 2.45) is 77.5 Å². The van der Waals surface area contributed by atoms with Gasteiger partial charge in [-0.3, -0.25) is 0 Å². The SMILES string of the molecule is CC(C)c1cc[n+](C)cc1.CN(C)c1cc[n+](C)cc1.CN(CCO)c1cc[n+](C)cc1.C[n+]1ccc(C(C)(C)C)cc1.C[n+]1ccc(CCCO)cc1.C[n+]1ccc(N2CCCC2)cc1.C[n+]1cccc(CCS(=O)(=O)[O-])c1.C[n+]1cccc2ccccc21.Cc1cc[n+](C)cc1.Cn1cc[n+](C)c1. The first-order chi connectivity index (χ1) is 49.7. The van der Waals surface area contributed by atoms with Crippen LogP contribution in [-0.4, -0.2) is 87.5 Å². The van der Waals surface area contributed by atoms with Gasteiger partial charge in [0.05, 0.1) is 30.8 Å². The number of likely N-dealkylation sites (N-methyl/N-ethyl adjacent to an activating group) is 1. The maximum atomic E-state index is 10.3. The van der Waals surface area contributed by atoms with E-state index in [0.717, 1.165) is 24.1 Å². The van der Waals surface area contributed by atoms with Crippen LogP contribution in [0.3, 0.4) is 0 Å². The second-order valence-electron chi connectivity index (χ2n) is 27.9. The molecule has 105 heavy (non-hydrogen) atoms. The van der Waals surface area contributed by atoms with E-state index in [0.29, 0.717) is 12.5 Å². The summed E-state index contributed by atoms with van der Waals surface area (Å²) in [7, 11) is 24.0. The molecule has 0 spiro atoms. The fourth-order valence-corrected chi connectivity index (χ4v) is 10.4. The zero-order valence-corrected chi connectivity index (χ0v) is 67.7. The van der Waals surface area contributed by atoms with Gasteiger partial charge in [-0.15, -0.1) is 0 Å². The number of fused-ring (bicyclic) bond motifs is 1. The summed E-state index contributed by atoms with van der Waals surface area (Å²) in [5, 5.41) is 18.6. The van der Waals surface area contributed by atoms with E-state index in [4.69, 9.17) is 10.2 Å². The molecule has 0 radical (unpaired) electrons. The van der Waals surface area contributed by atoms with E-state index < -0.39 is 10.1 Å². The van der Waals surface area contributed by atoms with E-state index in [2.05, 4.69) is 225 Å². The molecule has 0 bridgehead atoms. The number of aryl methyl sites for hydroxylation is 14. The van der Waals surface area contributed by atoms with Gasteiger partial charge in [0.2, 0.25) is 11.8 Å². The lowest BCUT2D eigenvalue weighted by Gasteiger charge is -2.17. The van der Waals surface area contributed by atoms with Gasteiger partial charge in [-0.2, -0.15) is 0 Å². The van der Waals surface area contributed by atoms with Gasteiger partial charge in [0.15, 0.2) is 105 Å². The number of aliphatic hydroxyl groups is 2. The largest absolute Gasteiger partial charge is 0.748 e. The number of hydrogen-bond acceptors (Lipinski definition) is 8. The summed E-state index contributed by atoms with van der Waals surface area (Å²) in [6.45, 7) is 16.8.